The Hall–Kier alpha value is -0.910. The Kier molecular flexibility index (Phi) is 3.58. The van der Waals surface area contributed by atoms with Crippen molar-refractivity contribution in [2.45, 2.75) is 10.8 Å². The molecule has 0 aliphatic carbocycles. The number of carboxylic acids is 1. The Morgan fingerprint density at radius 3 is 2.81 bits per heavy atom. The van der Waals surface area contributed by atoms with E-state index in [1.165, 1.54) is 29.2 Å². The highest BCUT2D eigenvalue weighted by molar-refractivity contribution is 7.98. The van der Waals surface area contributed by atoms with Gasteiger partial charge in [0.2, 0.25) is 5.76 Å². The van der Waals surface area contributed by atoms with Gasteiger partial charge < -0.3 is 9.52 Å². The van der Waals surface area contributed by atoms with E-state index in [-0.39, 0.29) is 5.76 Å². The highest BCUT2D eigenvalue weighted by atomic mass is 35.5. The predicted octanol–water partition coefficient (Wildman–Crippen LogP) is 3.99. The van der Waals surface area contributed by atoms with Crippen molar-refractivity contribution in [3.8, 4) is 0 Å². The average Bonchev–Trinajstić information content (AvgIpc) is 2.83. The van der Waals surface area contributed by atoms with Crippen molar-refractivity contribution in [3.05, 3.63) is 39.2 Å². The summed E-state index contributed by atoms with van der Waals surface area (Å²) in [5.74, 6) is -0.359. The van der Waals surface area contributed by atoms with Crippen LogP contribution in [-0.2, 0) is 5.75 Å². The summed E-state index contributed by atoms with van der Waals surface area (Å²) in [6, 6.07) is 6.89. The SMILES string of the molecule is O=C(O)c1ccc(SCc2ccc(Cl)s2)o1. The number of carbonyl (C=O) groups is 1. The number of furan rings is 1. The zero-order valence-electron chi connectivity index (χ0n) is 7.97. The first-order chi connectivity index (χ1) is 7.65. The molecule has 0 aromatic carbocycles. The average molecular weight is 275 g/mol. The fourth-order valence-electron chi connectivity index (χ4n) is 1.08. The molecular formula is C10H7ClO3S2. The van der Waals surface area contributed by atoms with Gasteiger partial charge in [-0.05, 0) is 24.3 Å². The first kappa shape index (κ1) is 11.6. The quantitative estimate of drug-likeness (QED) is 0.857. The van der Waals surface area contributed by atoms with Crippen LogP contribution in [0.2, 0.25) is 4.34 Å². The van der Waals surface area contributed by atoms with Crippen LogP contribution < -0.4 is 0 Å². The van der Waals surface area contributed by atoms with Crippen molar-refractivity contribution in [2.75, 3.05) is 0 Å². The van der Waals surface area contributed by atoms with Crippen LogP contribution in [0.15, 0.2) is 33.8 Å². The van der Waals surface area contributed by atoms with Crippen LogP contribution in [0, 0.1) is 0 Å². The summed E-state index contributed by atoms with van der Waals surface area (Å²) in [6.07, 6.45) is 0. The molecule has 1 N–H and O–H groups in total. The highest BCUT2D eigenvalue weighted by Gasteiger charge is 2.09. The molecule has 0 unspecified atom stereocenters. The van der Waals surface area contributed by atoms with Gasteiger partial charge >= 0.3 is 5.97 Å². The van der Waals surface area contributed by atoms with Crippen LogP contribution >= 0.6 is 34.7 Å². The molecule has 6 heteroatoms. The van der Waals surface area contributed by atoms with Crippen molar-refractivity contribution in [2.24, 2.45) is 0 Å². The molecule has 2 aromatic rings. The van der Waals surface area contributed by atoms with Gasteiger partial charge in [-0.1, -0.05) is 23.4 Å². The highest BCUT2D eigenvalue weighted by Crippen LogP contribution is 2.29. The van der Waals surface area contributed by atoms with Gasteiger partial charge in [0.05, 0.1) is 4.34 Å². The number of thiophene rings is 1. The molecule has 16 heavy (non-hydrogen) atoms. The number of rotatable bonds is 4. The summed E-state index contributed by atoms with van der Waals surface area (Å²) in [4.78, 5) is 11.7. The number of hydrogen-bond donors (Lipinski definition) is 1. The minimum Gasteiger partial charge on any atom is -0.475 e. The molecule has 0 saturated carbocycles. The largest absolute Gasteiger partial charge is 0.475 e. The molecule has 0 amide bonds. The van der Waals surface area contributed by atoms with E-state index >= 15 is 0 Å². The van der Waals surface area contributed by atoms with Gasteiger partial charge in [-0.3, -0.25) is 0 Å². The Morgan fingerprint density at radius 2 is 2.25 bits per heavy atom. The van der Waals surface area contributed by atoms with Gasteiger partial charge in [-0.15, -0.1) is 11.3 Å². The second kappa shape index (κ2) is 4.95. The van der Waals surface area contributed by atoms with Gasteiger partial charge in [-0.2, -0.15) is 0 Å². The summed E-state index contributed by atoms with van der Waals surface area (Å²) in [7, 11) is 0. The number of halogens is 1. The third-order valence-corrected chi connectivity index (χ3v) is 4.15. The van der Waals surface area contributed by atoms with Crippen LogP contribution in [0.1, 0.15) is 15.4 Å². The minimum absolute atomic E-state index is 0.0355. The lowest BCUT2D eigenvalue weighted by Gasteiger charge is -1.94. The van der Waals surface area contributed by atoms with E-state index in [0.29, 0.717) is 5.09 Å². The van der Waals surface area contributed by atoms with Crippen LogP contribution in [-0.4, -0.2) is 11.1 Å². The van der Waals surface area contributed by atoms with Crippen LogP contribution in [0.4, 0.5) is 0 Å². The smallest absolute Gasteiger partial charge is 0.371 e. The van der Waals surface area contributed by atoms with E-state index in [0.717, 1.165) is 15.0 Å². The maximum Gasteiger partial charge on any atom is 0.371 e. The second-order valence-electron chi connectivity index (χ2n) is 2.92. The standard InChI is InChI=1S/C10H7ClO3S2/c11-8-3-1-6(16-8)5-15-9-4-2-7(14-9)10(12)13/h1-4H,5H2,(H,12,13). The molecule has 0 aliphatic heterocycles. The Labute approximate surface area is 105 Å². The molecule has 0 atom stereocenters. The fourth-order valence-corrected chi connectivity index (χ4v) is 3.07. The fraction of sp³-hybridized carbons (Fsp3) is 0.100. The summed E-state index contributed by atoms with van der Waals surface area (Å²) in [5, 5.41) is 9.27. The lowest BCUT2D eigenvalue weighted by molar-refractivity contribution is 0.0656. The molecule has 84 valence electrons. The number of hydrogen-bond acceptors (Lipinski definition) is 4. The van der Waals surface area contributed by atoms with Crippen LogP contribution in [0.3, 0.4) is 0 Å². The summed E-state index contributed by atoms with van der Waals surface area (Å²) < 4.78 is 5.86. The lowest BCUT2D eigenvalue weighted by Crippen LogP contribution is -1.91. The zero-order valence-corrected chi connectivity index (χ0v) is 10.4. The Bertz CT molecular complexity index is 504. The molecule has 0 spiro atoms. The molecule has 0 saturated heterocycles. The molecule has 3 nitrogen and oxygen atoms in total. The third-order valence-electron chi connectivity index (χ3n) is 1.78. The number of carboxylic acid groups (broad SMARTS) is 1. The van der Waals surface area contributed by atoms with E-state index < -0.39 is 5.97 Å². The van der Waals surface area contributed by atoms with Crippen LogP contribution in [0.5, 0.6) is 0 Å². The van der Waals surface area contributed by atoms with Crippen molar-refractivity contribution >= 4 is 40.7 Å². The van der Waals surface area contributed by atoms with Gasteiger partial charge in [0, 0.05) is 10.6 Å². The Morgan fingerprint density at radius 1 is 1.44 bits per heavy atom. The maximum atomic E-state index is 10.6. The van der Waals surface area contributed by atoms with Gasteiger partial charge in [0.15, 0.2) is 5.09 Å². The lowest BCUT2D eigenvalue weighted by atomic mass is 10.5. The third kappa shape index (κ3) is 2.81. The van der Waals surface area contributed by atoms with Gasteiger partial charge in [-0.25, -0.2) is 4.79 Å². The number of thioether (sulfide) groups is 1. The van der Waals surface area contributed by atoms with E-state index in [2.05, 4.69) is 0 Å². The Balaban J connectivity index is 1.97. The van der Waals surface area contributed by atoms with Crippen molar-refractivity contribution in [1.29, 1.82) is 0 Å². The van der Waals surface area contributed by atoms with E-state index in [4.69, 9.17) is 21.1 Å². The molecule has 0 fully saturated rings. The molecule has 0 aliphatic rings. The molecule has 0 radical (unpaired) electrons. The summed E-state index contributed by atoms with van der Waals surface area (Å²) >= 11 is 8.75. The van der Waals surface area contributed by atoms with E-state index in [9.17, 15) is 4.79 Å². The molecule has 2 heterocycles. The van der Waals surface area contributed by atoms with Gasteiger partial charge in [0.25, 0.3) is 0 Å². The monoisotopic (exact) mass is 274 g/mol. The first-order valence-electron chi connectivity index (χ1n) is 4.35. The zero-order chi connectivity index (χ0) is 11.5. The second-order valence-corrected chi connectivity index (χ2v) is 5.70. The van der Waals surface area contributed by atoms with E-state index in [1.54, 1.807) is 6.07 Å². The topological polar surface area (TPSA) is 50.4 Å². The molecule has 2 rings (SSSR count). The van der Waals surface area contributed by atoms with Crippen LogP contribution in [0.25, 0.3) is 0 Å². The summed E-state index contributed by atoms with van der Waals surface area (Å²) in [6.45, 7) is 0. The molecular weight excluding hydrogens is 268 g/mol. The van der Waals surface area contributed by atoms with Crippen molar-refractivity contribution in [1.82, 2.24) is 0 Å². The van der Waals surface area contributed by atoms with Gasteiger partial charge in [0.1, 0.15) is 0 Å². The minimum atomic E-state index is -1.05. The number of aromatic carboxylic acids is 1. The van der Waals surface area contributed by atoms with Crippen molar-refractivity contribution in [3.63, 3.8) is 0 Å². The maximum absolute atomic E-state index is 10.6. The molecule has 0 bridgehead atoms. The predicted molar refractivity (Wildman–Crippen MR) is 64.6 cm³/mol. The first-order valence-corrected chi connectivity index (χ1v) is 6.53. The normalized spacial score (nSPS) is 10.6. The molecule has 2 aromatic heterocycles. The van der Waals surface area contributed by atoms with E-state index in [1.807, 2.05) is 12.1 Å². The summed E-state index contributed by atoms with van der Waals surface area (Å²) in [5.41, 5.74) is 0. The van der Waals surface area contributed by atoms with Crippen molar-refractivity contribution < 1.29 is 14.3 Å².